The Morgan fingerprint density at radius 3 is 2.76 bits per heavy atom. The first-order chi connectivity index (χ1) is 10.3. The first kappa shape index (κ1) is 14.1. The maximum absolute atomic E-state index is 5.14. The Morgan fingerprint density at radius 2 is 2.05 bits per heavy atom. The third-order valence-electron chi connectivity index (χ3n) is 2.88. The van der Waals surface area contributed by atoms with Gasteiger partial charge >= 0.3 is 0 Å². The monoisotopic (exact) mass is 318 g/mol. The number of hydrogen-bond donors (Lipinski definition) is 0. The molecule has 3 rings (SSSR count). The molecule has 0 aliphatic heterocycles. The molecule has 0 atom stereocenters. The van der Waals surface area contributed by atoms with Gasteiger partial charge in [0, 0.05) is 0 Å². The summed E-state index contributed by atoms with van der Waals surface area (Å²) < 4.78 is 6.96. The van der Waals surface area contributed by atoms with Crippen LogP contribution < -0.4 is 4.74 Å². The molecule has 0 saturated heterocycles. The van der Waals surface area contributed by atoms with Crippen molar-refractivity contribution in [1.29, 1.82) is 0 Å². The molecule has 7 heteroatoms. The van der Waals surface area contributed by atoms with Crippen LogP contribution in [-0.2, 0) is 5.75 Å². The Balaban J connectivity index is 1.81. The third kappa shape index (κ3) is 3.08. The van der Waals surface area contributed by atoms with Crippen molar-refractivity contribution in [2.75, 3.05) is 13.4 Å². The second kappa shape index (κ2) is 6.28. The zero-order valence-electron chi connectivity index (χ0n) is 11.7. The lowest BCUT2D eigenvalue weighted by atomic mass is 10.2. The molecule has 0 saturated carbocycles. The summed E-state index contributed by atoms with van der Waals surface area (Å²) in [4.78, 5) is 0.827. The second-order valence-corrected chi connectivity index (χ2v) is 6.14. The molecule has 5 nitrogen and oxygen atoms in total. The first-order valence-electron chi connectivity index (χ1n) is 6.32. The number of aromatic nitrogens is 4. The summed E-state index contributed by atoms with van der Waals surface area (Å²) in [6.45, 7) is 0. The summed E-state index contributed by atoms with van der Waals surface area (Å²) in [5.74, 6) is 2.55. The van der Waals surface area contributed by atoms with Crippen LogP contribution in [0.25, 0.3) is 17.1 Å². The van der Waals surface area contributed by atoms with E-state index >= 15 is 0 Å². The zero-order chi connectivity index (χ0) is 14.7. The largest absolute Gasteiger partial charge is 0.497 e. The van der Waals surface area contributed by atoms with E-state index in [0.717, 1.165) is 32.9 Å². The number of fused-ring (bicyclic) bond motifs is 1. The normalized spacial score (nSPS) is 11.5. The van der Waals surface area contributed by atoms with Gasteiger partial charge in [-0.15, -0.1) is 10.2 Å². The molecular formula is C14H14N4OS2. The molecule has 0 aliphatic rings. The average molecular weight is 318 g/mol. The van der Waals surface area contributed by atoms with Crippen molar-refractivity contribution in [2.45, 2.75) is 5.75 Å². The molecule has 0 unspecified atom stereocenters. The lowest BCUT2D eigenvalue weighted by molar-refractivity contribution is 0.415. The topological polar surface area (TPSA) is 52.3 Å². The van der Waals surface area contributed by atoms with Crippen LogP contribution in [0.15, 0.2) is 24.3 Å². The van der Waals surface area contributed by atoms with Crippen LogP contribution in [0.1, 0.15) is 16.4 Å². The first-order valence-corrected chi connectivity index (χ1v) is 8.53. The summed E-state index contributed by atoms with van der Waals surface area (Å²) in [7, 11) is 1.66. The predicted molar refractivity (Wildman–Crippen MR) is 87.8 cm³/mol. The van der Waals surface area contributed by atoms with Crippen LogP contribution in [0.2, 0.25) is 0 Å². The van der Waals surface area contributed by atoms with E-state index in [1.165, 1.54) is 11.3 Å². The lowest BCUT2D eigenvalue weighted by Crippen LogP contribution is -1.93. The van der Waals surface area contributed by atoms with Crippen molar-refractivity contribution >= 4 is 40.2 Å². The predicted octanol–water partition coefficient (Wildman–Crippen LogP) is 3.23. The molecular weight excluding hydrogens is 304 g/mol. The van der Waals surface area contributed by atoms with Gasteiger partial charge in [-0.2, -0.15) is 21.4 Å². The van der Waals surface area contributed by atoms with Crippen LogP contribution in [0.4, 0.5) is 0 Å². The number of methoxy groups -OCH3 is 1. The number of rotatable bonds is 5. The summed E-state index contributed by atoms with van der Waals surface area (Å²) >= 11 is 3.24. The molecule has 0 aliphatic carbocycles. The van der Waals surface area contributed by atoms with Gasteiger partial charge in [-0.3, -0.25) is 0 Å². The highest BCUT2D eigenvalue weighted by atomic mass is 32.2. The van der Waals surface area contributed by atoms with Gasteiger partial charge in [-0.05, 0) is 30.0 Å². The molecule has 21 heavy (non-hydrogen) atoms. The van der Waals surface area contributed by atoms with Crippen LogP contribution in [0.5, 0.6) is 5.75 Å². The van der Waals surface area contributed by atoms with Crippen molar-refractivity contribution in [2.24, 2.45) is 0 Å². The van der Waals surface area contributed by atoms with Gasteiger partial charge in [0.1, 0.15) is 10.8 Å². The van der Waals surface area contributed by atoms with Gasteiger partial charge in [0.05, 0.1) is 12.9 Å². The standard InChI is InChI=1S/C14H14N4OS2/c1-19-11-6-3-10(4-7-11)5-8-13-17-18-12(9-20-2)15-16-14(18)21-13/h3-8H,9H2,1-2H3/b8-5+. The van der Waals surface area contributed by atoms with Gasteiger partial charge in [-0.25, -0.2) is 0 Å². The number of nitrogens with zero attached hydrogens (tertiary/aromatic N) is 4. The molecule has 2 aromatic heterocycles. The van der Waals surface area contributed by atoms with Crippen molar-refractivity contribution in [1.82, 2.24) is 19.8 Å². The van der Waals surface area contributed by atoms with Crippen LogP contribution in [0, 0.1) is 0 Å². The van der Waals surface area contributed by atoms with E-state index in [1.54, 1.807) is 18.9 Å². The highest BCUT2D eigenvalue weighted by Gasteiger charge is 2.09. The third-order valence-corrected chi connectivity index (χ3v) is 4.29. The van der Waals surface area contributed by atoms with Crippen molar-refractivity contribution in [3.05, 3.63) is 40.7 Å². The summed E-state index contributed by atoms with van der Waals surface area (Å²) in [5, 5.41) is 13.7. The number of benzene rings is 1. The summed E-state index contributed by atoms with van der Waals surface area (Å²) in [5.41, 5.74) is 1.10. The Hall–Kier alpha value is -1.86. The minimum absolute atomic E-state index is 0.812. The Labute approximate surface area is 130 Å². The second-order valence-electron chi connectivity index (χ2n) is 4.29. The maximum Gasteiger partial charge on any atom is 0.234 e. The van der Waals surface area contributed by atoms with Crippen LogP contribution in [-0.4, -0.2) is 33.2 Å². The van der Waals surface area contributed by atoms with Gasteiger partial charge in [0.2, 0.25) is 4.96 Å². The molecule has 0 fully saturated rings. The molecule has 3 aromatic rings. The van der Waals surface area contributed by atoms with E-state index < -0.39 is 0 Å². The number of thioether (sulfide) groups is 1. The lowest BCUT2D eigenvalue weighted by Gasteiger charge is -1.98. The quantitative estimate of drug-likeness (QED) is 0.723. The average Bonchev–Trinajstić information content (AvgIpc) is 3.08. The van der Waals surface area contributed by atoms with E-state index in [2.05, 4.69) is 15.3 Å². The molecule has 0 spiro atoms. The molecule has 2 heterocycles. The van der Waals surface area contributed by atoms with E-state index in [9.17, 15) is 0 Å². The minimum Gasteiger partial charge on any atom is -0.497 e. The van der Waals surface area contributed by atoms with Crippen LogP contribution in [0.3, 0.4) is 0 Å². The molecule has 0 radical (unpaired) electrons. The molecule has 0 amide bonds. The Kier molecular flexibility index (Phi) is 4.21. The SMILES string of the molecule is COc1ccc(/C=C/c2nn3c(CSC)nnc3s2)cc1. The smallest absolute Gasteiger partial charge is 0.234 e. The Morgan fingerprint density at radius 1 is 1.24 bits per heavy atom. The van der Waals surface area contributed by atoms with Gasteiger partial charge < -0.3 is 4.74 Å². The van der Waals surface area contributed by atoms with Gasteiger partial charge in [0.15, 0.2) is 5.82 Å². The number of hydrogen-bond acceptors (Lipinski definition) is 6. The van der Waals surface area contributed by atoms with E-state index in [4.69, 9.17) is 4.74 Å². The summed E-state index contributed by atoms with van der Waals surface area (Å²) in [6.07, 6.45) is 6.06. The van der Waals surface area contributed by atoms with Crippen molar-refractivity contribution < 1.29 is 4.74 Å². The molecule has 0 N–H and O–H groups in total. The van der Waals surface area contributed by atoms with Gasteiger partial charge in [0.25, 0.3) is 0 Å². The zero-order valence-corrected chi connectivity index (χ0v) is 13.3. The molecule has 0 bridgehead atoms. The van der Waals surface area contributed by atoms with E-state index in [-0.39, 0.29) is 0 Å². The van der Waals surface area contributed by atoms with Crippen molar-refractivity contribution in [3.8, 4) is 5.75 Å². The van der Waals surface area contributed by atoms with E-state index in [0.29, 0.717) is 0 Å². The fourth-order valence-corrected chi connectivity index (χ4v) is 3.04. The molecule has 1 aromatic carbocycles. The van der Waals surface area contributed by atoms with Crippen molar-refractivity contribution in [3.63, 3.8) is 0 Å². The van der Waals surface area contributed by atoms with E-state index in [1.807, 2.05) is 47.2 Å². The maximum atomic E-state index is 5.14. The highest BCUT2D eigenvalue weighted by Crippen LogP contribution is 2.19. The summed E-state index contributed by atoms with van der Waals surface area (Å²) in [6, 6.07) is 7.90. The van der Waals surface area contributed by atoms with Crippen LogP contribution >= 0.6 is 23.1 Å². The molecule has 108 valence electrons. The minimum atomic E-state index is 0.812. The fraction of sp³-hybridized carbons (Fsp3) is 0.214. The van der Waals surface area contributed by atoms with Gasteiger partial charge in [-0.1, -0.05) is 29.5 Å². The number of ether oxygens (including phenoxy) is 1. The fourth-order valence-electron chi connectivity index (χ4n) is 1.84. The Bertz CT molecular complexity index is 761. The highest BCUT2D eigenvalue weighted by molar-refractivity contribution is 7.97.